The second-order valence-electron chi connectivity index (χ2n) is 5.41. The maximum absolute atomic E-state index is 13.1. The first kappa shape index (κ1) is 14.4. The molecule has 1 aromatic carbocycles. The molecule has 1 N–H and O–H groups in total. The number of carbonyl (C=O) groups excluding carboxylic acids is 1. The van der Waals surface area contributed by atoms with E-state index < -0.39 is 5.82 Å². The van der Waals surface area contributed by atoms with Crippen LogP contribution in [-0.4, -0.2) is 12.5 Å². The number of thiol groups is 1. The van der Waals surface area contributed by atoms with Crippen molar-refractivity contribution in [2.24, 2.45) is 5.41 Å². The fourth-order valence-corrected chi connectivity index (χ4v) is 3.02. The molecule has 0 aromatic heterocycles. The van der Waals surface area contributed by atoms with Crippen LogP contribution in [0, 0.1) is 11.2 Å². The highest BCUT2D eigenvalue weighted by molar-refractivity contribution is 7.80. The molecule has 0 bridgehead atoms. The van der Waals surface area contributed by atoms with Gasteiger partial charge in [0.25, 0.3) is 5.91 Å². The molecular weight excluding hydrogens is 261 g/mol. The fraction of sp³-hybridized carbons (Fsp3) is 0.533. The summed E-state index contributed by atoms with van der Waals surface area (Å²) in [5.74, 6) is -0.546. The molecule has 4 heteroatoms. The van der Waals surface area contributed by atoms with Gasteiger partial charge in [0.05, 0.1) is 0 Å². The molecule has 0 atom stereocenters. The minimum Gasteiger partial charge on any atom is -0.351 e. The lowest BCUT2D eigenvalue weighted by Gasteiger charge is -2.27. The third-order valence-electron chi connectivity index (χ3n) is 4.25. The molecule has 1 aliphatic rings. The average Bonchev–Trinajstić information content (AvgIpc) is 2.89. The van der Waals surface area contributed by atoms with Crippen molar-refractivity contribution in [3.63, 3.8) is 0 Å². The number of amides is 1. The van der Waals surface area contributed by atoms with E-state index in [1.807, 2.05) is 0 Å². The van der Waals surface area contributed by atoms with Crippen molar-refractivity contribution in [1.82, 2.24) is 5.32 Å². The van der Waals surface area contributed by atoms with Crippen LogP contribution in [0.25, 0.3) is 0 Å². The summed E-state index contributed by atoms with van der Waals surface area (Å²) in [5, 5.41) is 2.98. The van der Waals surface area contributed by atoms with Crippen molar-refractivity contribution >= 4 is 18.5 Å². The lowest BCUT2D eigenvalue weighted by Crippen LogP contribution is -2.35. The molecular formula is C15H20FNOS. The summed E-state index contributed by atoms with van der Waals surface area (Å²) in [6.07, 6.45) is 5.96. The van der Waals surface area contributed by atoms with Crippen LogP contribution in [-0.2, 0) is 0 Å². The minimum atomic E-state index is -0.402. The van der Waals surface area contributed by atoms with Gasteiger partial charge in [0.1, 0.15) is 5.82 Å². The normalized spacial score (nSPS) is 17.4. The maximum Gasteiger partial charge on any atom is 0.251 e. The van der Waals surface area contributed by atoms with Crippen molar-refractivity contribution < 1.29 is 9.18 Å². The number of hydrogen-bond donors (Lipinski definition) is 2. The van der Waals surface area contributed by atoms with Crippen LogP contribution in [0.4, 0.5) is 4.39 Å². The highest BCUT2D eigenvalue weighted by atomic mass is 32.1. The van der Waals surface area contributed by atoms with Gasteiger partial charge < -0.3 is 5.32 Å². The second-order valence-corrected chi connectivity index (χ2v) is 5.89. The van der Waals surface area contributed by atoms with Gasteiger partial charge in [0, 0.05) is 17.0 Å². The molecule has 0 heterocycles. The van der Waals surface area contributed by atoms with E-state index in [9.17, 15) is 9.18 Å². The van der Waals surface area contributed by atoms with Crippen LogP contribution in [0.5, 0.6) is 0 Å². The average molecular weight is 281 g/mol. The third-order valence-corrected chi connectivity index (χ3v) is 4.59. The molecule has 0 saturated heterocycles. The number of benzene rings is 1. The summed E-state index contributed by atoms with van der Waals surface area (Å²) < 4.78 is 13.1. The van der Waals surface area contributed by atoms with Crippen LogP contribution < -0.4 is 5.32 Å². The number of hydrogen-bond acceptors (Lipinski definition) is 2. The Morgan fingerprint density at radius 1 is 1.42 bits per heavy atom. The van der Waals surface area contributed by atoms with Gasteiger partial charge in [-0.25, -0.2) is 4.39 Å². The predicted octanol–water partition coefficient (Wildman–Crippen LogP) is 3.81. The molecule has 0 unspecified atom stereocenters. The first-order chi connectivity index (χ1) is 9.06. The Morgan fingerprint density at radius 3 is 2.68 bits per heavy atom. The van der Waals surface area contributed by atoms with Gasteiger partial charge in [-0.3, -0.25) is 4.79 Å². The predicted molar refractivity (Wildman–Crippen MR) is 77.2 cm³/mol. The van der Waals surface area contributed by atoms with Crippen LogP contribution in [0.1, 0.15) is 49.4 Å². The van der Waals surface area contributed by atoms with Gasteiger partial charge in [0.2, 0.25) is 0 Å². The van der Waals surface area contributed by atoms with E-state index in [0.717, 1.165) is 6.42 Å². The Kier molecular flexibility index (Phi) is 4.50. The van der Waals surface area contributed by atoms with Gasteiger partial charge in [-0.1, -0.05) is 19.8 Å². The number of nitrogens with one attached hydrogen (secondary N) is 1. The molecule has 2 rings (SSSR count). The lowest BCUT2D eigenvalue weighted by molar-refractivity contribution is 0.0928. The summed E-state index contributed by atoms with van der Waals surface area (Å²) >= 11 is 4.00. The summed E-state index contributed by atoms with van der Waals surface area (Å²) in [6, 6.07) is 4.25. The molecule has 2 nitrogen and oxygen atoms in total. The van der Waals surface area contributed by atoms with Crippen LogP contribution in [0.2, 0.25) is 0 Å². The Bertz CT molecular complexity index is 469. The van der Waals surface area contributed by atoms with Gasteiger partial charge in [-0.2, -0.15) is 0 Å². The van der Waals surface area contributed by atoms with E-state index in [2.05, 4.69) is 24.9 Å². The monoisotopic (exact) mass is 281 g/mol. The molecule has 1 saturated carbocycles. The molecule has 1 amide bonds. The molecule has 1 aromatic rings. The lowest BCUT2D eigenvalue weighted by atomic mass is 9.83. The van der Waals surface area contributed by atoms with E-state index in [1.165, 1.54) is 43.9 Å². The van der Waals surface area contributed by atoms with Crippen molar-refractivity contribution in [2.75, 3.05) is 6.54 Å². The van der Waals surface area contributed by atoms with Crippen LogP contribution in [0.3, 0.4) is 0 Å². The minimum absolute atomic E-state index is 0.143. The summed E-state index contributed by atoms with van der Waals surface area (Å²) in [5.41, 5.74) is 0.732. The quantitative estimate of drug-likeness (QED) is 0.807. The maximum atomic E-state index is 13.1. The summed E-state index contributed by atoms with van der Waals surface area (Å²) in [6.45, 7) is 2.89. The number of rotatable bonds is 4. The fourth-order valence-electron chi connectivity index (χ4n) is 2.80. The molecule has 0 radical (unpaired) electrons. The second kappa shape index (κ2) is 5.95. The Labute approximate surface area is 119 Å². The first-order valence-corrected chi connectivity index (χ1v) is 7.28. The largest absolute Gasteiger partial charge is 0.351 e. The van der Waals surface area contributed by atoms with Gasteiger partial charge >= 0.3 is 0 Å². The molecule has 1 aliphatic carbocycles. The van der Waals surface area contributed by atoms with E-state index in [0.29, 0.717) is 12.1 Å². The Balaban J connectivity index is 1.99. The highest BCUT2D eigenvalue weighted by Gasteiger charge is 2.32. The van der Waals surface area contributed by atoms with Crippen molar-refractivity contribution in [3.05, 3.63) is 29.6 Å². The van der Waals surface area contributed by atoms with Crippen molar-refractivity contribution in [3.8, 4) is 0 Å². The molecule has 104 valence electrons. The van der Waals surface area contributed by atoms with Crippen LogP contribution in [0.15, 0.2) is 23.1 Å². The zero-order valence-electron chi connectivity index (χ0n) is 11.2. The van der Waals surface area contributed by atoms with Gasteiger partial charge in [-0.15, -0.1) is 12.6 Å². The Hall–Kier alpha value is -1.03. The zero-order valence-corrected chi connectivity index (χ0v) is 12.1. The third kappa shape index (κ3) is 3.30. The first-order valence-electron chi connectivity index (χ1n) is 6.83. The highest BCUT2D eigenvalue weighted by Crippen LogP contribution is 2.40. The topological polar surface area (TPSA) is 29.1 Å². The summed E-state index contributed by atoms with van der Waals surface area (Å²) in [4.78, 5) is 12.3. The van der Waals surface area contributed by atoms with E-state index in [1.54, 1.807) is 0 Å². The van der Waals surface area contributed by atoms with Gasteiger partial charge in [0.15, 0.2) is 0 Å². The number of halogens is 1. The summed E-state index contributed by atoms with van der Waals surface area (Å²) in [7, 11) is 0. The van der Waals surface area contributed by atoms with E-state index in [4.69, 9.17) is 0 Å². The molecule has 19 heavy (non-hydrogen) atoms. The zero-order chi connectivity index (χ0) is 13.9. The van der Waals surface area contributed by atoms with Crippen molar-refractivity contribution in [2.45, 2.75) is 43.9 Å². The Morgan fingerprint density at radius 2 is 2.11 bits per heavy atom. The van der Waals surface area contributed by atoms with Crippen molar-refractivity contribution in [1.29, 1.82) is 0 Å². The number of carbonyl (C=O) groups is 1. The van der Waals surface area contributed by atoms with Crippen LogP contribution >= 0.6 is 12.6 Å². The standard InChI is InChI=1S/C15H20FNOS/c1-2-15(7-3-4-8-15)10-17-14(18)11-5-6-12(16)13(19)9-11/h5-6,9,19H,2-4,7-8,10H2,1H3,(H,17,18). The van der Waals surface area contributed by atoms with E-state index >= 15 is 0 Å². The van der Waals surface area contributed by atoms with Gasteiger partial charge in [-0.05, 0) is 42.9 Å². The molecule has 0 aliphatic heterocycles. The smallest absolute Gasteiger partial charge is 0.251 e. The SMILES string of the molecule is CCC1(CNC(=O)c2ccc(F)c(S)c2)CCCC1. The van der Waals surface area contributed by atoms with E-state index in [-0.39, 0.29) is 16.2 Å². The molecule has 0 spiro atoms. The molecule has 1 fully saturated rings.